The van der Waals surface area contributed by atoms with E-state index in [4.69, 9.17) is 4.74 Å². The smallest absolute Gasteiger partial charge is 0.343 e. The normalized spacial score (nSPS) is 10.9. The Morgan fingerprint density at radius 1 is 1.56 bits per heavy atom. The summed E-state index contributed by atoms with van der Waals surface area (Å²) < 4.78 is 6.35. The van der Waals surface area contributed by atoms with Crippen LogP contribution in [0.15, 0.2) is 6.20 Å². The zero-order valence-corrected chi connectivity index (χ0v) is 9.36. The lowest BCUT2D eigenvalue weighted by Gasteiger charge is -1.96. The minimum Gasteiger partial charge on any atom is -0.462 e. The van der Waals surface area contributed by atoms with E-state index in [-0.39, 0.29) is 5.97 Å². The van der Waals surface area contributed by atoms with Crippen molar-refractivity contribution in [2.45, 2.75) is 26.7 Å². The highest BCUT2D eigenvalue weighted by Crippen LogP contribution is 2.10. The van der Waals surface area contributed by atoms with Gasteiger partial charge in [-0.1, -0.05) is 6.92 Å². The number of carbonyl (C=O) groups is 1. The Morgan fingerprint density at radius 2 is 2.38 bits per heavy atom. The first-order chi connectivity index (χ1) is 7.76. The van der Waals surface area contributed by atoms with E-state index in [1.165, 1.54) is 10.8 Å². The molecule has 0 saturated heterocycles. The molecule has 0 aliphatic heterocycles. The molecule has 0 unspecified atom stereocenters. The number of aryl methyl sites for hydroxylation is 1. The van der Waals surface area contributed by atoms with Gasteiger partial charge in [0.25, 0.3) is 0 Å². The van der Waals surface area contributed by atoms with Crippen LogP contribution in [0.3, 0.4) is 0 Å². The highest BCUT2D eigenvalue weighted by atomic mass is 16.5. The molecule has 0 fully saturated rings. The summed E-state index contributed by atoms with van der Waals surface area (Å²) in [4.78, 5) is 14.6. The number of aromatic nitrogens is 4. The first-order valence-electron chi connectivity index (χ1n) is 5.36. The third-order valence-corrected chi connectivity index (χ3v) is 2.21. The maximum absolute atomic E-state index is 11.6. The number of fused-ring (bicyclic) bond motifs is 1. The highest BCUT2D eigenvalue weighted by molar-refractivity contribution is 5.95. The van der Waals surface area contributed by atoms with Gasteiger partial charge in [-0.15, -0.1) is 9.73 Å². The standard InChI is InChI=1S/C10H14N4O2/c1-3-5-8-12-9-7(10(15)16-4-2)6-11-14(9)13-8/h6H,3-5H2,1-2H3,(H,12,13). The van der Waals surface area contributed by atoms with Crippen molar-refractivity contribution in [3.63, 3.8) is 0 Å². The van der Waals surface area contributed by atoms with Crippen LogP contribution in [0.4, 0.5) is 0 Å². The minimum atomic E-state index is -0.371. The van der Waals surface area contributed by atoms with Gasteiger partial charge in [-0.3, -0.25) is 0 Å². The van der Waals surface area contributed by atoms with Gasteiger partial charge in [-0.05, 0) is 13.3 Å². The molecule has 0 saturated carbocycles. The molecule has 1 N–H and O–H groups in total. The summed E-state index contributed by atoms with van der Waals surface area (Å²) in [6.07, 6.45) is 3.30. The topological polar surface area (TPSA) is 72.3 Å². The van der Waals surface area contributed by atoms with Gasteiger partial charge in [0.15, 0.2) is 5.65 Å². The maximum Gasteiger partial charge on any atom is 0.343 e. The van der Waals surface area contributed by atoms with Crippen LogP contribution in [0.1, 0.15) is 36.5 Å². The second-order valence-electron chi connectivity index (χ2n) is 3.44. The third kappa shape index (κ3) is 1.78. The summed E-state index contributed by atoms with van der Waals surface area (Å²) >= 11 is 0. The Kier molecular flexibility index (Phi) is 2.89. The molecular formula is C10H14N4O2. The van der Waals surface area contributed by atoms with Crippen molar-refractivity contribution >= 4 is 11.6 Å². The molecule has 0 atom stereocenters. The van der Waals surface area contributed by atoms with Crippen LogP contribution >= 0.6 is 0 Å². The Morgan fingerprint density at radius 3 is 3.06 bits per heavy atom. The largest absolute Gasteiger partial charge is 0.462 e. The summed E-state index contributed by atoms with van der Waals surface area (Å²) in [5.41, 5.74) is 1.03. The average Bonchev–Trinajstić information content (AvgIpc) is 2.77. The van der Waals surface area contributed by atoms with Gasteiger partial charge in [-0.25, -0.2) is 4.79 Å². The number of carbonyl (C=O) groups excluding carboxylic acids is 1. The second-order valence-corrected chi connectivity index (χ2v) is 3.44. The van der Waals surface area contributed by atoms with Crippen molar-refractivity contribution in [3.8, 4) is 0 Å². The number of aromatic amines is 1. The molecule has 6 heteroatoms. The van der Waals surface area contributed by atoms with Gasteiger partial charge >= 0.3 is 5.97 Å². The van der Waals surface area contributed by atoms with Crippen molar-refractivity contribution in [2.24, 2.45) is 0 Å². The Bertz CT molecular complexity index is 500. The van der Waals surface area contributed by atoms with E-state index in [1.807, 2.05) is 0 Å². The molecule has 2 rings (SSSR count). The molecule has 0 aliphatic rings. The van der Waals surface area contributed by atoms with Gasteiger partial charge in [0.2, 0.25) is 0 Å². The summed E-state index contributed by atoms with van der Waals surface area (Å²) in [5.74, 6) is 0.459. The number of esters is 1. The number of hydrogen-bond acceptors (Lipinski definition) is 4. The molecule has 2 heterocycles. The lowest BCUT2D eigenvalue weighted by molar-refractivity contribution is 0.0528. The summed E-state index contributed by atoms with van der Waals surface area (Å²) in [6, 6.07) is 0. The molecule has 6 nitrogen and oxygen atoms in total. The van der Waals surface area contributed by atoms with Crippen molar-refractivity contribution in [3.05, 3.63) is 17.6 Å². The number of ether oxygens (including phenoxy) is 1. The van der Waals surface area contributed by atoms with Crippen LogP contribution in [0.2, 0.25) is 0 Å². The lowest BCUT2D eigenvalue weighted by atomic mass is 10.3. The highest BCUT2D eigenvalue weighted by Gasteiger charge is 2.16. The molecule has 0 radical (unpaired) electrons. The van der Waals surface area contributed by atoms with Crippen LogP contribution < -0.4 is 0 Å². The fourth-order valence-corrected chi connectivity index (χ4v) is 1.52. The molecule has 16 heavy (non-hydrogen) atoms. The van der Waals surface area contributed by atoms with E-state index in [0.717, 1.165) is 18.7 Å². The van der Waals surface area contributed by atoms with E-state index in [2.05, 4.69) is 22.1 Å². The number of hydrogen-bond donors (Lipinski definition) is 1. The number of nitrogens with zero attached hydrogens (tertiary/aromatic N) is 3. The van der Waals surface area contributed by atoms with E-state index in [9.17, 15) is 4.79 Å². The van der Waals surface area contributed by atoms with Crippen molar-refractivity contribution < 1.29 is 9.53 Å². The summed E-state index contributed by atoms with van der Waals surface area (Å²) in [6.45, 7) is 4.19. The van der Waals surface area contributed by atoms with E-state index in [0.29, 0.717) is 17.8 Å². The van der Waals surface area contributed by atoms with E-state index >= 15 is 0 Å². The first kappa shape index (κ1) is 10.7. The molecular weight excluding hydrogens is 208 g/mol. The van der Waals surface area contributed by atoms with Crippen LogP contribution in [0.25, 0.3) is 5.65 Å². The monoisotopic (exact) mass is 222 g/mol. The number of H-pyrrole nitrogens is 1. The second kappa shape index (κ2) is 4.34. The third-order valence-electron chi connectivity index (χ3n) is 2.21. The van der Waals surface area contributed by atoms with Crippen LogP contribution in [0, 0.1) is 0 Å². The Labute approximate surface area is 92.6 Å². The summed E-state index contributed by atoms with van der Waals surface area (Å²) in [7, 11) is 0. The SMILES string of the molecule is CCCc1nn2ncc(C(=O)OCC)c2[nH]1. The quantitative estimate of drug-likeness (QED) is 0.788. The predicted molar refractivity (Wildman–Crippen MR) is 57.3 cm³/mol. The van der Waals surface area contributed by atoms with Gasteiger partial charge in [0.1, 0.15) is 11.4 Å². The zero-order valence-electron chi connectivity index (χ0n) is 9.36. The lowest BCUT2D eigenvalue weighted by Crippen LogP contribution is -2.04. The van der Waals surface area contributed by atoms with Crippen LogP contribution in [0.5, 0.6) is 0 Å². The maximum atomic E-state index is 11.6. The molecule has 0 spiro atoms. The van der Waals surface area contributed by atoms with Gasteiger partial charge < -0.3 is 9.72 Å². The molecule has 0 amide bonds. The molecule has 0 bridgehead atoms. The fourth-order valence-electron chi connectivity index (χ4n) is 1.52. The molecule has 2 aromatic heterocycles. The van der Waals surface area contributed by atoms with Gasteiger partial charge in [0.05, 0.1) is 12.8 Å². The Balaban J connectivity index is 2.35. The summed E-state index contributed by atoms with van der Waals surface area (Å²) in [5, 5.41) is 8.21. The van der Waals surface area contributed by atoms with E-state index < -0.39 is 0 Å². The van der Waals surface area contributed by atoms with Crippen LogP contribution in [-0.2, 0) is 11.2 Å². The fraction of sp³-hybridized carbons (Fsp3) is 0.500. The average molecular weight is 222 g/mol. The van der Waals surface area contributed by atoms with Crippen molar-refractivity contribution in [1.29, 1.82) is 0 Å². The van der Waals surface area contributed by atoms with Gasteiger partial charge in [-0.2, -0.15) is 5.10 Å². The molecule has 86 valence electrons. The molecule has 0 aromatic carbocycles. The van der Waals surface area contributed by atoms with Crippen molar-refractivity contribution in [1.82, 2.24) is 19.8 Å². The van der Waals surface area contributed by atoms with Gasteiger partial charge in [0, 0.05) is 6.42 Å². The van der Waals surface area contributed by atoms with Crippen LogP contribution in [-0.4, -0.2) is 32.4 Å². The predicted octanol–water partition coefficient (Wildman–Crippen LogP) is 1.19. The first-order valence-corrected chi connectivity index (χ1v) is 5.36. The van der Waals surface area contributed by atoms with Crippen molar-refractivity contribution in [2.75, 3.05) is 6.61 Å². The number of nitrogens with one attached hydrogen (secondary N) is 1. The minimum absolute atomic E-state index is 0.353. The molecule has 2 aromatic rings. The zero-order chi connectivity index (χ0) is 11.5. The van der Waals surface area contributed by atoms with E-state index in [1.54, 1.807) is 6.92 Å². The molecule has 0 aliphatic carbocycles. The Hall–Kier alpha value is -1.85. The number of rotatable bonds is 4.